The first-order chi connectivity index (χ1) is 12.6. The van der Waals surface area contributed by atoms with Crippen LogP contribution in [0.5, 0.6) is 0 Å². The Bertz CT molecular complexity index is 781. The molecule has 1 aromatic heterocycles. The Hall–Kier alpha value is -1.85. The molecule has 0 bridgehead atoms. The lowest BCUT2D eigenvalue weighted by atomic mass is 9.92. The van der Waals surface area contributed by atoms with Gasteiger partial charge < -0.3 is 10.6 Å². The molecule has 2 fully saturated rings. The third-order valence-corrected chi connectivity index (χ3v) is 5.95. The maximum absolute atomic E-state index is 12.7. The first kappa shape index (κ1) is 19.9. The van der Waals surface area contributed by atoms with E-state index in [1.807, 2.05) is 35.0 Å². The van der Waals surface area contributed by atoms with Crippen LogP contribution in [0.2, 0.25) is 0 Å². The summed E-state index contributed by atoms with van der Waals surface area (Å²) < 4.78 is 1.92. The van der Waals surface area contributed by atoms with E-state index in [0.29, 0.717) is 12.5 Å². The van der Waals surface area contributed by atoms with Crippen molar-refractivity contribution in [2.75, 3.05) is 13.1 Å². The zero-order valence-electron chi connectivity index (χ0n) is 16.1. The van der Waals surface area contributed by atoms with E-state index in [-0.39, 0.29) is 29.6 Å². The van der Waals surface area contributed by atoms with Crippen LogP contribution in [0, 0.1) is 11.3 Å². The summed E-state index contributed by atoms with van der Waals surface area (Å²) in [6, 6.07) is 10.1. The van der Waals surface area contributed by atoms with Crippen molar-refractivity contribution in [3.63, 3.8) is 0 Å². The van der Waals surface area contributed by atoms with Crippen LogP contribution >= 0.6 is 12.4 Å². The van der Waals surface area contributed by atoms with Crippen LogP contribution in [0.4, 0.5) is 0 Å². The van der Waals surface area contributed by atoms with Crippen LogP contribution < -0.4 is 10.6 Å². The van der Waals surface area contributed by atoms with Gasteiger partial charge >= 0.3 is 0 Å². The smallest absolute Gasteiger partial charge is 0.223 e. The Balaban J connectivity index is 0.00000210. The van der Waals surface area contributed by atoms with Gasteiger partial charge in [-0.1, -0.05) is 32.0 Å². The maximum atomic E-state index is 12.7. The quantitative estimate of drug-likeness (QED) is 0.825. The summed E-state index contributed by atoms with van der Waals surface area (Å²) in [6.45, 7) is 6.95. The Morgan fingerprint density at radius 1 is 1.30 bits per heavy atom. The molecule has 2 N–H and O–H groups in total. The molecule has 2 heterocycles. The second-order valence-electron chi connectivity index (χ2n) is 8.06. The number of hydrogen-bond acceptors (Lipinski definition) is 3. The fraction of sp³-hybridized carbons (Fsp3) is 0.524. The van der Waals surface area contributed by atoms with Gasteiger partial charge in [0.05, 0.1) is 11.4 Å². The van der Waals surface area contributed by atoms with Gasteiger partial charge in [-0.25, -0.2) is 4.68 Å². The summed E-state index contributed by atoms with van der Waals surface area (Å²) in [7, 11) is 0. The van der Waals surface area contributed by atoms with E-state index in [2.05, 4.69) is 30.7 Å². The zero-order valence-corrected chi connectivity index (χ0v) is 16.9. The first-order valence-electron chi connectivity index (χ1n) is 9.71. The van der Waals surface area contributed by atoms with Gasteiger partial charge in [-0.3, -0.25) is 4.79 Å². The van der Waals surface area contributed by atoms with Crippen LogP contribution in [0.3, 0.4) is 0 Å². The molecule has 146 valence electrons. The summed E-state index contributed by atoms with van der Waals surface area (Å²) in [6.07, 6.45) is 5.38. The molecule has 0 radical (unpaired) electrons. The minimum atomic E-state index is 0. The average Bonchev–Trinajstić information content (AvgIpc) is 3.16. The van der Waals surface area contributed by atoms with Gasteiger partial charge in [-0.2, -0.15) is 5.10 Å². The largest absolute Gasteiger partial charge is 0.352 e. The SMILES string of the molecule is CC(C)c1nn(-c2ccccc2)cc1CNC(=O)C1CC12CCNCC2.Cl. The Morgan fingerprint density at radius 2 is 2.00 bits per heavy atom. The molecule has 1 spiro atoms. The molecule has 1 unspecified atom stereocenters. The van der Waals surface area contributed by atoms with E-state index in [0.717, 1.165) is 49.3 Å². The predicted molar refractivity (Wildman–Crippen MR) is 109 cm³/mol. The predicted octanol–water partition coefficient (Wildman–Crippen LogP) is 3.42. The van der Waals surface area contributed by atoms with E-state index in [9.17, 15) is 4.79 Å². The molecule has 2 aliphatic rings. The molecule has 1 aliphatic carbocycles. The van der Waals surface area contributed by atoms with Crippen molar-refractivity contribution in [3.8, 4) is 5.69 Å². The Morgan fingerprint density at radius 3 is 2.67 bits per heavy atom. The van der Waals surface area contributed by atoms with Gasteiger partial charge in [-0.15, -0.1) is 12.4 Å². The molecule has 1 aromatic carbocycles. The Kier molecular flexibility index (Phi) is 5.92. The monoisotopic (exact) mass is 388 g/mol. The van der Waals surface area contributed by atoms with Crippen molar-refractivity contribution >= 4 is 18.3 Å². The zero-order chi connectivity index (χ0) is 18.1. The first-order valence-corrected chi connectivity index (χ1v) is 9.71. The molecular formula is C21H29ClN4O. The molecule has 1 amide bonds. The van der Waals surface area contributed by atoms with Gasteiger partial charge in [0.15, 0.2) is 0 Å². The minimum absolute atomic E-state index is 0. The summed E-state index contributed by atoms with van der Waals surface area (Å²) in [4.78, 5) is 12.7. The van der Waals surface area contributed by atoms with Crippen molar-refractivity contribution in [3.05, 3.63) is 47.8 Å². The van der Waals surface area contributed by atoms with Crippen molar-refractivity contribution in [2.45, 2.75) is 45.6 Å². The fourth-order valence-electron chi connectivity index (χ4n) is 4.26. The van der Waals surface area contributed by atoms with E-state index < -0.39 is 0 Å². The number of benzene rings is 1. The lowest BCUT2D eigenvalue weighted by Crippen LogP contribution is -2.33. The number of para-hydroxylation sites is 1. The lowest BCUT2D eigenvalue weighted by molar-refractivity contribution is -0.123. The van der Waals surface area contributed by atoms with Crippen LogP contribution in [0.1, 0.15) is 50.3 Å². The Labute approximate surface area is 167 Å². The second-order valence-corrected chi connectivity index (χ2v) is 8.06. The van der Waals surface area contributed by atoms with Crippen LogP contribution in [0.15, 0.2) is 36.5 Å². The molecule has 1 saturated carbocycles. The molecule has 5 nitrogen and oxygen atoms in total. The summed E-state index contributed by atoms with van der Waals surface area (Å²) in [5.74, 6) is 0.744. The number of carbonyl (C=O) groups is 1. The van der Waals surface area contributed by atoms with Crippen molar-refractivity contribution in [1.29, 1.82) is 0 Å². The molecule has 1 saturated heterocycles. The van der Waals surface area contributed by atoms with Crippen molar-refractivity contribution < 1.29 is 4.79 Å². The fourth-order valence-corrected chi connectivity index (χ4v) is 4.26. The van der Waals surface area contributed by atoms with Crippen molar-refractivity contribution in [1.82, 2.24) is 20.4 Å². The highest BCUT2D eigenvalue weighted by Crippen LogP contribution is 2.58. The summed E-state index contributed by atoms with van der Waals surface area (Å²) in [5.41, 5.74) is 3.49. The summed E-state index contributed by atoms with van der Waals surface area (Å²) >= 11 is 0. The second kappa shape index (κ2) is 8.03. The third-order valence-electron chi connectivity index (χ3n) is 5.95. The highest BCUT2D eigenvalue weighted by molar-refractivity contribution is 5.85. The van der Waals surface area contributed by atoms with Crippen LogP contribution in [0.25, 0.3) is 5.69 Å². The van der Waals surface area contributed by atoms with E-state index in [4.69, 9.17) is 5.10 Å². The molecular weight excluding hydrogens is 360 g/mol. The highest BCUT2D eigenvalue weighted by atomic mass is 35.5. The number of rotatable bonds is 5. The van der Waals surface area contributed by atoms with E-state index >= 15 is 0 Å². The topological polar surface area (TPSA) is 59.0 Å². The number of piperidine rings is 1. The number of amides is 1. The third kappa shape index (κ3) is 4.04. The van der Waals surface area contributed by atoms with Gasteiger partial charge in [0.1, 0.15) is 0 Å². The molecule has 2 aromatic rings. The number of hydrogen-bond donors (Lipinski definition) is 2. The van der Waals surface area contributed by atoms with E-state index in [1.165, 1.54) is 0 Å². The average molecular weight is 389 g/mol. The molecule has 1 aliphatic heterocycles. The number of carbonyl (C=O) groups excluding carboxylic acids is 1. The molecule has 1 atom stereocenters. The molecule has 4 rings (SSSR count). The molecule has 6 heteroatoms. The number of nitrogens with one attached hydrogen (secondary N) is 2. The van der Waals surface area contributed by atoms with Gasteiger partial charge in [-0.05, 0) is 55.8 Å². The van der Waals surface area contributed by atoms with Gasteiger partial charge in [0.25, 0.3) is 0 Å². The van der Waals surface area contributed by atoms with Crippen LogP contribution in [-0.2, 0) is 11.3 Å². The standard InChI is InChI=1S/C21H28N4O.ClH/c1-15(2)19-16(14-25(24-19)17-6-4-3-5-7-17)13-23-20(26)18-12-21(18)8-10-22-11-9-21;/h3-7,14-15,18,22H,8-13H2,1-2H3,(H,23,26);1H. The van der Waals surface area contributed by atoms with Crippen LogP contribution in [-0.4, -0.2) is 28.8 Å². The van der Waals surface area contributed by atoms with Gasteiger partial charge in [0.2, 0.25) is 5.91 Å². The number of halogens is 1. The van der Waals surface area contributed by atoms with Gasteiger partial charge in [0, 0.05) is 24.2 Å². The normalized spacial score (nSPS) is 20.3. The highest BCUT2D eigenvalue weighted by Gasteiger charge is 2.57. The lowest BCUT2D eigenvalue weighted by Gasteiger charge is -2.23. The van der Waals surface area contributed by atoms with E-state index in [1.54, 1.807) is 0 Å². The molecule has 27 heavy (non-hydrogen) atoms. The van der Waals surface area contributed by atoms with Crippen molar-refractivity contribution in [2.24, 2.45) is 11.3 Å². The number of aromatic nitrogens is 2. The minimum Gasteiger partial charge on any atom is -0.352 e. The number of nitrogens with zero attached hydrogens (tertiary/aromatic N) is 2. The summed E-state index contributed by atoms with van der Waals surface area (Å²) in [5, 5.41) is 11.3. The maximum Gasteiger partial charge on any atom is 0.223 e.